The summed E-state index contributed by atoms with van der Waals surface area (Å²) in [6, 6.07) is 6.13. The molecule has 0 bridgehead atoms. The van der Waals surface area contributed by atoms with Gasteiger partial charge in [0.1, 0.15) is 0 Å². The smallest absolute Gasteiger partial charge is 0.243 e. The third-order valence-electron chi connectivity index (χ3n) is 4.31. The largest absolute Gasteiger partial charge is 0.373 e. The number of ether oxygens (including phenoxy) is 1. The van der Waals surface area contributed by atoms with Crippen molar-refractivity contribution >= 4 is 44.0 Å². The fraction of sp³-hybridized carbons (Fsp3) is 0.421. The van der Waals surface area contributed by atoms with Crippen molar-refractivity contribution in [2.45, 2.75) is 35.3 Å². The van der Waals surface area contributed by atoms with Gasteiger partial charge in [-0.2, -0.15) is 4.31 Å². The monoisotopic (exact) mass is 468 g/mol. The molecule has 0 spiro atoms. The lowest BCUT2D eigenvalue weighted by atomic mass is 10.1. The van der Waals surface area contributed by atoms with E-state index in [0.717, 1.165) is 10.1 Å². The lowest BCUT2D eigenvalue weighted by molar-refractivity contribution is -0.0440. The topological polar surface area (TPSA) is 101 Å². The highest BCUT2D eigenvalue weighted by atomic mass is 32.2. The van der Waals surface area contributed by atoms with Gasteiger partial charge in [-0.05, 0) is 26.0 Å². The van der Waals surface area contributed by atoms with Crippen molar-refractivity contribution in [2.75, 3.05) is 30.7 Å². The Bertz CT molecular complexity index is 999. The average molecular weight is 469 g/mol. The van der Waals surface area contributed by atoms with Crippen molar-refractivity contribution in [1.29, 1.82) is 0 Å². The maximum atomic E-state index is 13.0. The molecular weight excluding hydrogens is 444 g/mol. The van der Waals surface area contributed by atoms with Gasteiger partial charge in [0.25, 0.3) is 0 Å². The fourth-order valence-corrected chi connectivity index (χ4v) is 6.18. The Labute approximate surface area is 184 Å². The maximum Gasteiger partial charge on any atom is 0.243 e. The van der Waals surface area contributed by atoms with Gasteiger partial charge in [0.2, 0.25) is 15.2 Å². The molecule has 162 valence electrons. The second-order valence-corrected chi connectivity index (χ2v) is 11.0. The Hall–Kier alpha value is -1.79. The van der Waals surface area contributed by atoms with Crippen molar-refractivity contribution in [1.82, 2.24) is 14.5 Å². The summed E-state index contributed by atoms with van der Waals surface area (Å²) in [5.74, 6) is 0.501. The minimum atomic E-state index is -3.71. The van der Waals surface area contributed by atoms with Crippen molar-refractivity contribution in [3.05, 3.63) is 42.5 Å². The normalized spacial score (nSPS) is 20.1. The summed E-state index contributed by atoms with van der Waals surface area (Å²) in [5.41, 5.74) is 0.323. The standard InChI is InChI=1S/C19H24N4O4S3/c1-4-8-28-19-22-21-18(29-19)20-10-17(24)15-6-5-7-16(9-15)30(25,26)23-11-13(2)27-14(3)12-23/h4-7,9,13-14H,1,8,10-12H2,2-3H3,(H,20,21). The van der Waals surface area contributed by atoms with E-state index in [1.54, 1.807) is 18.2 Å². The number of ketones is 1. The number of thioether (sulfide) groups is 1. The van der Waals surface area contributed by atoms with Crippen LogP contribution in [0.3, 0.4) is 0 Å². The maximum absolute atomic E-state index is 13.0. The Morgan fingerprint density at radius 3 is 2.80 bits per heavy atom. The van der Waals surface area contributed by atoms with Gasteiger partial charge >= 0.3 is 0 Å². The zero-order valence-electron chi connectivity index (χ0n) is 16.8. The van der Waals surface area contributed by atoms with E-state index in [2.05, 4.69) is 22.1 Å². The molecule has 2 unspecified atom stereocenters. The molecule has 8 nitrogen and oxygen atoms in total. The summed E-state index contributed by atoms with van der Waals surface area (Å²) in [7, 11) is -3.71. The highest BCUT2D eigenvalue weighted by molar-refractivity contribution is 8.01. The highest BCUT2D eigenvalue weighted by Crippen LogP contribution is 2.25. The van der Waals surface area contributed by atoms with Crippen LogP contribution in [0.15, 0.2) is 46.2 Å². The number of nitrogens with one attached hydrogen (secondary N) is 1. The van der Waals surface area contributed by atoms with Gasteiger partial charge in [0.15, 0.2) is 10.1 Å². The van der Waals surface area contributed by atoms with E-state index in [1.807, 2.05) is 13.8 Å². The van der Waals surface area contributed by atoms with Gasteiger partial charge in [0.05, 0.1) is 23.6 Å². The summed E-state index contributed by atoms with van der Waals surface area (Å²) in [4.78, 5) is 12.7. The SMILES string of the molecule is C=CCSc1nnc(NCC(=O)c2cccc(S(=O)(=O)N3CC(C)OC(C)C3)c2)s1. The molecule has 1 N–H and O–H groups in total. The van der Waals surface area contributed by atoms with Gasteiger partial charge in [-0.25, -0.2) is 8.42 Å². The number of nitrogens with zero attached hydrogens (tertiary/aromatic N) is 3. The molecule has 1 aliphatic heterocycles. The van der Waals surface area contributed by atoms with E-state index in [0.29, 0.717) is 10.7 Å². The van der Waals surface area contributed by atoms with Crippen molar-refractivity contribution in [3.8, 4) is 0 Å². The predicted molar refractivity (Wildman–Crippen MR) is 119 cm³/mol. The molecule has 1 saturated heterocycles. The van der Waals surface area contributed by atoms with Crippen molar-refractivity contribution < 1.29 is 17.9 Å². The Morgan fingerprint density at radius 1 is 1.37 bits per heavy atom. The van der Waals surface area contributed by atoms with Gasteiger partial charge in [-0.1, -0.05) is 41.3 Å². The first-order valence-electron chi connectivity index (χ1n) is 9.39. The predicted octanol–water partition coefficient (Wildman–Crippen LogP) is 2.91. The van der Waals surface area contributed by atoms with Crippen LogP contribution in [-0.2, 0) is 14.8 Å². The van der Waals surface area contributed by atoms with Gasteiger partial charge in [0, 0.05) is 24.4 Å². The number of Topliss-reactive ketones (excluding diaryl/α,β-unsaturated/α-hetero) is 1. The summed E-state index contributed by atoms with van der Waals surface area (Å²) in [6.07, 6.45) is 1.42. The number of benzene rings is 1. The first-order chi connectivity index (χ1) is 14.3. The fourth-order valence-electron chi connectivity index (χ4n) is 3.03. The zero-order valence-corrected chi connectivity index (χ0v) is 19.2. The van der Waals surface area contributed by atoms with E-state index in [9.17, 15) is 13.2 Å². The first kappa shape index (κ1) is 22.9. The van der Waals surface area contributed by atoms with Crippen LogP contribution in [-0.4, -0.2) is 66.3 Å². The van der Waals surface area contributed by atoms with Crippen LogP contribution in [0.25, 0.3) is 0 Å². The molecule has 1 aliphatic rings. The van der Waals surface area contributed by atoms with Gasteiger partial charge in [-0.15, -0.1) is 16.8 Å². The van der Waals surface area contributed by atoms with E-state index in [4.69, 9.17) is 4.74 Å². The number of aromatic nitrogens is 2. The minimum Gasteiger partial charge on any atom is -0.373 e. The van der Waals surface area contributed by atoms with E-state index >= 15 is 0 Å². The molecule has 1 aromatic heterocycles. The number of morpholine rings is 1. The number of rotatable bonds is 9. The molecule has 30 heavy (non-hydrogen) atoms. The van der Waals surface area contributed by atoms with Gasteiger partial charge in [-0.3, -0.25) is 4.79 Å². The zero-order chi connectivity index (χ0) is 21.7. The number of hydrogen-bond acceptors (Lipinski definition) is 9. The van der Waals surface area contributed by atoms with Crippen LogP contribution in [0.2, 0.25) is 0 Å². The van der Waals surface area contributed by atoms with Crippen molar-refractivity contribution in [2.24, 2.45) is 0 Å². The molecular formula is C19H24N4O4S3. The quantitative estimate of drug-likeness (QED) is 0.341. The summed E-state index contributed by atoms with van der Waals surface area (Å²) in [6.45, 7) is 7.92. The average Bonchev–Trinajstić information content (AvgIpc) is 3.17. The third kappa shape index (κ3) is 5.67. The highest BCUT2D eigenvalue weighted by Gasteiger charge is 2.32. The molecule has 1 fully saturated rings. The van der Waals surface area contributed by atoms with Crippen LogP contribution in [0, 0.1) is 0 Å². The molecule has 2 aromatic rings. The summed E-state index contributed by atoms with van der Waals surface area (Å²) >= 11 is 2.86. The number of carbonyl (C=O) groups is 1. The molecule has 2 atom stereocenters. The number of anilines is 1. The molecule has 1 aromatic carbocycles. The molecule has 3 rings (SSSR count). The van der Waals surface area contributed by atoms with E-state index < -0.39 is 10.0 Å². The van der Waals surface area contributed by atoms with E-state index in [1.165, 1.54) is 39.5 Å². The minimum absolute atomic E-state index is 0.00409. The van der Waals surface area contributed by atoms with Crippen LogP contribution in [0.1, 0.15) is 24.2 Å². The number of sulfonamides is 1. The van der Waals surface area contributed by atoms with Crippen LogP contribution in [0.4, 0.5) is 5.13 Å². The molecule has 0 amide bonds. The van der Waals surface area contributed by atoms with Gasteiger partial charge < -0.3 is 10.1 Å². The summed E-state index contributed by atoms with van der Waals surface area (Å²) < 4.78 is 33.9. The lowest BCUT2D eigenvalue weighted by Gasteiger charge is -2.34. The Balaban J connectivity index is 1.67. The molecule has 0 aliphatic carbocycles. The molecule has 0 radical (unpaired) electrons. The molecule has 0 saturated carbocycles. The number of carbonyl (C=O) groups excluding carboxylic acids is 1. The molecule has 2 heterocycles. The molecule has 11 heteroatoms. The van der Waals surface area contributed by atoms with Crippen molar-refractivity contribution in [3.63, 3.8) is 0 Å². The second-order valence-electron chi connectivity index (χ2n) is 6.86. The van der Waals surface area contributed by atoms with Crippen LogP contribution < -0.4 is 5.32 Å². The lowest BCUT2D eigenvalue weighted by Crippen LogP contribution is -2.48. The third-order valence-corrected chi connectivity index (χ3v) is 8.15. The first-order valence-corrected chi connectivity index (χ1v) is 12.6. The summed E-state index contributed by atoms with van der Waals surface area (Å²) in [5, 5.41) is 11.5. The Kier molecular flexibility index (Phi) is 7.64. The number of hydrogen-bond donors (Lipinski definition) is 1. The Morgan fingerprint density at radius 2 is 2.10 bits per heavy atom. The van der Waals surface area contributed by atoms with E-state index in [-0.39, 0.29) is 42.5 Å². The van der Waals surface area contributed by atoms with Crippen LogP contribution in [0.5, 0.6) is 0 Å². The second kappa shape index (κ2) is 10.0. The van der Waals surface area contributed by atoms with Crippen LogP contribution >= 0.6 is 23.1 Å².